The van der Waals surface area contributed by atoms with E-state index in [2.05, 4.69) is 13.8 Å². The van der Waals surface area contributed by atoms with E-state index in [-0.39, 0.29) is 11.2 Å². The van der Waals surface area contributed by atoms with Gasteiger partial charge in [0.05, 0.1) is 5.75 Å². The highest BCUT2D eigenvalue weighted by Gasteiger charge is 2.07. The summed E-state index contributed by atoms with van der Waals surface area (Å²) in [5.74, 6) is 1.11. The number of carbonyl (C=O) groups is 1. The zero-order chi connectivity index (χ0) is 12.1. The molecule has 0 radical (unpaired) electrons. The monoisotopic (exact) mass is 237 g/mol. The second kappa shape index (κ2) is 6.06. The van der Waals surface area contributed by atoms with Crippen molar-refractivity contribution in [2.75, 3.05) is 5.75 Å². The molecule has 88 valence electrons. The average molecular weight is 237 g/mol. The van der Waals surface area contributed by atoms with E-state index in [0.29, 0.717) is 11.7 Å². The van der Waals surface area contributed by atoms with Gasteiger partial charge in [-0.05, 0) is 18.4 Å². The summed E-state index contributed by atoms with van der Waals surface area (Å²) in [6.07, 6.45) is 0. The Labute approximate surface area is 102 Å². The number of nitrogens with two attached hydrogens (primary N) is 1. The lowest BCUT2D eigenvalue weighted by Gasteiger charge is -2.07. The van der Waals surface area contributed by atoms with E-state index in [9.17, 15) is 4.79 Å². The van der Waals surface area contributed by atoms with Crippen LogP contribution in [0, 0.1) is 0 Å². The summed E-state index contributed by atoms with van der Waals surface area (Å²) in [6, 6.07) is 7.85. The first kappa shape index (κ1) is 13.3. The molecule has 3 heteroatoms. The molecule has 0 fully saturated rings. The first-order valence-electron chi connectivity index (χ1n) is 5.51. The largest absolute Gasteiger partial charge is 0.320 e. The van der Waals surface area contributed by atoms with Crippen molar-refractivity contribution in [2.24, 2.45) is 5.73 Å². The summed E-state index contributed by atoms with van der Waals surface area (Å²) in [5, 5.41) is 0.0129. The highest BCUT2D eigenvalue weighted by atomic mass is 32.2. The summed E-state index contributed by atoms with van der Waals surface area (Å²) in [4.78, 5) is 11.8. The zero-order valence-corrected chi connectivity index (χ0v) is 10.9. The molecule has 1 rings (SSSR count). The molecule has 0 saturated carbocycles. The smallest absolute Gasteiger partial charge is 0.172 e. The van der Waals surface area contributed by atoms with Crippen LogP contribution in [0.15, 0.2) is 24.3 Å². The molecule has 0 spiro atoms. The molecule has 1 aromatic carbocycles. The normalized spacial score (nSPS) is 12.8. The van der Waals surface area contributed by atoms with Gasteiger partial charge >= 0.3 is 0 Å². The minimum Gasteiger partial charge on any atom is -0.320 e. The summed E-state index contributed by atoms with van der Waals surface area (Å²) in [6.45, 7) is 6.17. The van der Waals surface area contributed by atoms with Gasteiger partial charge in [0.2, 0.25) is 0 Å². The van der Waals surface area contributed by atoms with Gasteiger partial charge in [0.15, 0.2) is 5.78 Å². The van der Waals surface area contributed by atoms with E-state index in [1.165, 1.54) is 17.3 Å². The summed E-state index contributed by atoms with van der Waals surface area (Å²) >= 11 is 1.47. The topological polar surface area (TPSA) is 43.1 Å². The molecule has 0 aliphatic heterocycles. The predicted octanol–water partition coefficient (Wildman–Crippen LogP) is 3.03. The highest BCUT2D eigenvalue weighted by Crippen LogP contribution is 2.16. The van der Waals surface area contributed by atoms with Crippen LogP contribution >= 0.6 is 11.8 Å². The maximum Gasteiger partial charge on any atom is 0.172 e. The van der Waals surface area contributed by atoms with Crippen molar-refractivity contribution >= 4 is 17.5 Å². The van der Waals surface area contributed by atoms with Crippen LogP contribution in [-0.4, -0.2) is 16.9 Å². The Morgan fingerprint density at radius 2 is 1.81 bits per heavy atom. The van der Waals surface area contributed by atoms with Crippen molar-refractivity contribution in [2.45, 2.75) is 32.1 Å². The van der Waals surface area contributed by atoms with Crippen LogP contribution < -0.4 is 5.73 Å². The zero-order valence-electron chi connectivity index (χ0n) is 10.1. The van der Waals surface area contributed by atoms with Gasteiger partial charge in [-0.2, -0.15) is 0 Å². The van der Waals surface area contributed by atoms with E-state index in [1.54, 1.807) is 0 Å². The average Bonchev–Trinajstić information content (AvgIpc) is 2.26. The van der Waals surface area contributed by atoms with Gasteiger partial charge in [0.25, 0.3) is 0 Å². The van der Waals surface area contributed by atoms with Crippen molar-refractivity contribution in [1.82, 2.24) is 0 Å². The first-order chi connectivity index (χ1) is 7.50. The molecule has 1 aromatic rings. The van der Waals surface area contributed by atoms with Crippen LogP contribution in [0.4, 0.5) is 0 Å². The third-order valence-corrected chi connectivity index (χ3v) is 3.33. The van der Waals surface area contributed by atoms with Gasteiger partial charge in [-0.15, -0.1) is 11.8 Å². The van der Waals surface area contributed by atoms with E-state index in [1.807, 2.05) is 31.2 Å². The Kier molecular flexibility index (Phi) is 5.03. The van der Waals surface area contributed by atoms with E-state index < -0.39 is 0 Å². The lowest BCUT2D eigenvalue weighted by atomic mass is 10.0. The summed E-state index contributed by atoms with van der Waals surface area (Å²) in [7, 11) is 0. The van der Waals surface area contributed by atoms with E-state index >= 15 is 0 Å². The standard InChI is InChI=1S/C13H19NOS/c1-9(2)11-4-6-12(7-5-11)13(15)8-16-10(3)14/h4-7,9-10H,8,14H2,1-3H3. The number of hydrogen-bond donors (Lipinski definition) is 1. The first-order valence-corrected chi connectivity index (χ1v) is 6.56. The maximum absolute atomic E-state index is 11.8. The molecule has 0 amide bonds. The van der Waals surface area contributed by atoms with Crippen molar-refractivity contribution in [3.63, 3.8) is 0 Å². The molecular weight excluding hydrogens is 218 g/mol. The molecule has 0 saturated heterocycles. The second-order valence-corrected chi connectivity index (χ2v) is 5.58. The van der Waals surface area contributed by atoms with Crippen molar-refractivity contribution in [3.8, 4) is 0 Å². The number of carbonyl (C=O) groups excluding carboxylic acids is 1. The molecule has 1 unspecified atom stereocenters. The fourth-order valence-electron chi connectivity index (χ4n) is 1.34. The van der Waals surface area contributed by atoms with Crippen molar-refractivity contribution in [3.05, 3.63) is 35.4 Å². The van der Waals surface area contributed by atoms with Gasteiger partial charge in [0.1, 0.15) is 0 Å². The number of benzene rings is 1. The second-order valence-electron chi connectivity index (χ2n) is 4.22. The quantitative estimate of drug-likeness (QED) is 0.632. The SMILES string of the molecule is CC(N)SCC(=O)c1ccc(C(C)C)cc1. The lowest BCUT2D eigenvalue weighted by Crippen LogP contribution is -2.13. The van der Waals surface area contributed by atoms with E-state index in [4.69, 9.17) is 5.73 Å². The lowest BCUT2D eigenvalue weighted by molar-refractivity contribution is 0.102. The van der Waals surface area contributed by atoms with Gasteiger partial charge < -0.3 is 5.73 Å². The Bertz CT molecular complexity index is 343. The van der Waals surface area contributed by atoms with Crippen LogP contribution in [0.1, 0.15) is 42.6 Å². The van der Waals surface area contributed by atoms with Gasteiger partial charge in [-0.1, -0.05) is 38.1 Å². The summed E-state index contributed by atoms with van der Waals surface area (Å²) < 4.78 is 0. The van der Waals surface area contributed by atoms with Gasteiger partial charge in [-0.25, -0.2) is 0 Å². The molecule has 0 heterocycles. The fraction of sp³-hybridized carbons (Fsp3) is 0.462. The summed E-state index contributed by atoms with van der Waals surface area (Å²) in [5.41, 5.74) is 7.63. The molecule has 2 N–H and O–H groups in total. The number of rotatable bonds is 5. The fourth-order valence-corrected chi connectivity index (χ4v) is 1.93. The molecule has 16 heavy (non-hydrogen) atoms. The van der Waals surface area contributed by atoms with Crippen LogP contribution in [0.3, 0.4) is 0 Å². The Hall–Kier alpha value is -0.800. The maximum atomic E-state index is 11.8. The Balaban J connectivity index is 2.63. The van der Waals surface area contributed by atoms with Crippen LogP contribution in [0.25, 0.3) is 0 Å². The van der Waals surface area contributed by atoms with Crippen molar-refractivity contribution < 1.29 is 4.79 Å². The van der Waals surface area contributed by atoms with Crippen LogP contribution in [0.5, 0.6) is 0 Å². The highest BCUT2D eigenvalue weighted by molar-refractivity contribution is 8.00. The molecule has 2 nitrogen and oxygen atoms in total. The minimum atomic E-state index is 0.0129. The Morgan fingerprint density at radius 1 is 1.25 bits per heavy atom. The number of hydrogen-bond acceptors (Lipinski definition) is 3. The molecule has 0 aliphatic rings. The molecule has 0 bridgehead atoms. The Morgan fingerprint density at radius 3 is 2.25 bits per heavy atom. The predicted molar refractivity (Wildman–Crippen MR) is 71.0 cm³/mol. The van der Waals surface area contributed by atoms with Gasteiger partial charge in [-0.3, -0.25) is 4.79 Å². The third-order valence-electron chi connectivity index (χ3n) is 2.38. The molecular formula is C13H19NOS. The van der Waals surface area contributed by atoms with E-state index in [0.717, 1.165) is 5.56 Å². The molecule has 0 aliphatic carbocycles. The number of ketones is 1. The van der Waals surface area contributed by atoms with Crippen molar-refractivity contribution in [1.29, 1.82) is 0 Å². The minimum absolute atomic E-state index is 0.0129. The molecule has 1 atom stereocenters. The van der Waals surface area contributed by atoms with Gasteiger partial charge in [0, 0.05) is 10.9 Å². The third kappa shape index (κ3) is 3.99. The van der Waals surface area contributed by atoms with Crippen LogP contribution in [-0.2, 0) is 0 Å². The molecule has 0 aromatic heterocycles. The number of Topliss-reactive ketones (excluding diaryl/α,β-unsaturated/α-hetero) is 1. The van der Waals surface area contributed by atoms with Crippen LogP contribution in [0.2, 0.25) is 0 Å². The number of thioether (sulfide) groups is 1.